The minimum atomic E-state index is -3.78. The molecule has 2 unspecified atom stereocenters. The first-order chi connectivity index (χ1) is 9.38. The van der Waals surface area contributed by atoms with Crippen molar-refractivity contribution in [2.75, 3.05) is 5.32 Å². The van der Waals surface area contributed by atoms with Gasteiger partial charge in [-0.1, -0.05) is 18.0 Å². The average Bonchev–Trinajstić information content (AvgIpc) is 2.84. The van der Waals surface area contributed by atoms with Crippen LogP contribution in [0.2, 0.25) is 5.02 Å². The van der Waals surface area contributed by atoms with E-state index in [1.54, 1.807) is 0 Å². The first-order valence-electron chi connectivity index (χ1n) is 6.51. The second-order valence-electron chi connectivity index (χ2n) is 5.46. The molecule has 1 aromatic carbocycles. The molecule has 0 aliphatic heterocycles. The Labute approximate surface area is 122 Å². The number of sulfonamides is 1. The van der Waals surface area contributed by atoms with Crippen LogP contribution in [0.15, 0.2) is 23.1 Å². The quantitative estimate of drug-likeness (QED) is 0.894. The van der Waals surface area contributed by atoms with Crippen molar-refractivity contribution in [3.05, 3.63) is 23.2 Å². The van der Waals surface area contributed by atoms with E-state index in [-0.39, 0.29) is 21.7 Å². The number of anilines is 1. The Kier molecular flexibility index (Phi) is 3.27. The van der Waals surface area contributed by atoms with Crippen LogP contribution in [0, 0.1) is 17.8 Å². The van der Waals surface area contributed by atoms with Crippen LogP contribution < -0.4 is 10.5 Å². The number of fused-ring (bicyclic) bond motifs is 1. The summed E-state index contributed by atoms with van der Waals surface area (Å²) in [6.07, 6.45) is 3.46. The Morgan fingerprint density at radius 2 is 1.95 bits per heavy atom. The van der Waals surface area contributed by atoms with E-state index in [4.69, 9.17) is 16.7 Å². The second kappa shape index (κ2) is 4.72. The van der Waals surface area contributed by atoms with Crippen molar-refractivity contribution >= 4 is 33.2 Å². The van der Waals surface area contributed by atoms with Crippen molar-refractivity contribution in [2.45, 2.75) is 24.2 Å². The molecule has 0 radical (unpaired) electrons. The maximum atomic E-state index is 12.1. The van der Waals surface area contributed by atoms with E-state index in [2.05, 4.69) is 5.32 Å². The van der Waals surface area contributed by atoms with Crippen LogP contribution in [-0.2, 0) is 14.8 Å². The Morgan fingerprint density at radius 3 is 2.50 bits per heavy atom. The molecule has 2 aliphatic carbocycles. The molecule has 1 amide bonds. The number of amides is 1. The number of hydrogen-bond donors (Lipinski definition) is 2. The minimum Gasteiger partial charge on any atom is -0.325 e. The Bertz CT molecular complexity index is 664. The fourth-order valence-corrected chi connectivity index (χ4v) is 4.03. The van der Waals surface area contributed by atoms with Crippen LogP contribution in [-0.4, -0.2) is 14.3 Å². The van der Waals surface area contributed by atoms with Gasteiger partial charge in [0.15, 0.2) is 0 Å². The molecule has 7 heteroatoms. The zero-order valence-electron chi connectivity index (χ0n) is 10.7. The summed E-state index contributed by atoms with van der Waals surface area (Å²) >= 11 is 5.99. The first kappa shape index (κ1) is 13.9. The lowest BCUT2D eigenvalue weighted by Gasteiger charge is -2.09. The maximum Gasteiger partial charge on any atom is 0.238 e. The van der Waals surface area contributed by atoms with Gasteiger partial charge in [0.1, 0.15) is 0 Å². The smallest absolute Gasteiger partial charge is 0.238 e. The lowest BCUT2D eigenvalue weighted by molar-refractivity contribution is -0.118. The van der Waals surface area contributed by atoms with Gasteiger partial charge in [0, 0.05) is 5.92 Å². The van der Waals surface area contributed by atoms with Crippen LogP contribution in [0.3, 0.4) is 0 Å². The van der Waals surface area contributed by atoms with Crippen molar-refractivity contribution in [1.82, 2.24) is 0 Å². The number of rotatable bonds is 3. The van der Waals surface area contributed by atoms with Gasteiger partial charge in [-0.25, -0.2) is 13.6 Å². The average molecular weight is 315 g/mol. The predicted octanol–water partition coefficient (Wildman–Crippen LogP) is 1.97. The normalized spacial score (nSPS) is 28.0. The third kappa shape index (κ3) is 2.43. The van der Waals surface area contributed by atoms with E-state index < -0.39 is 10.0 Å². The molecule has 0 saturated heterocycles. The summed E-state index contributed by atoms with van der Waals surface area (Å²) in [5.41, 5.74) is 0.425. The lowest BCUT2D eigenvalue weighted by atomic mass is 10.1. The molecule has 2 fully saturated rings. The fourth-order valence-electron chi connectivity index (χ4n) is 3.20. The minimum absolute atomic E-state index is 0.0232. The molecule has 0 heterocycles. The number of nitrogens with one attached hydrogen (secondary N) is 1. The van der Waals surface area contributed by atoms with Crippen LogP contribution >= 0.6 is 11.6 Å². The number of benzene rings is 1. The molecule has 108 valence electrons. The maximum absolute atomic E-state index is 12.1. The summed E-state index contributed by atoms with van der Waals surface area (Å²) in [5, 5.41) is 7.97. The summed E-state index contributed by atoms with van der Waals surface area (Å²) in [7, 11) is -3.78. The molecule has 20 heavy (non-hydrogen) atoms. The summed E-state index contributed by atoms with van der Waals surface area (Å²) in [4.78, 5) is 12.0. The molecule has 3 rings (SSSR count). The molecule has 1 aromatic rings. The number of hydrogen-bond acceptors (Lipinski definition) is 3. The molecular formula is C13H15ClN2O3S. The molecule has 0 spiro atoms. The van der Waals surface area contributed by atoms with Gasteiger partial charge >= 0.3 is 0 Å². The SMILES string of the molecule is NS(=O)(=O)c1ccc(NC(=O)C2C3CCCC32)c(Cl)c1. The third-order valence-electron chi connectivity index (χ3n) is 4.24. The monoisotopic (exact) mass is 314 g/mol. The number of carbonyl (C=O) groups excluding carboxylic acids is 1. The van der Waals surface area contributed by atoms with Crippen molar-refractivity contribution in [3.8, 4) is 0 Å². The van der Waals surface area contributed by atoms with E-state index >= 15 is 0 Å². The summed E-state index contributed by atoms with van der Waals surface area (Å²) < 4.78 is 22.4. The van der Waals surface area contributed by atoms with Gasteiger partial charge in [0.2, 0.25) is 15.9 Å². The Morgan fingerprint density at radius 1 is 1.30 bits per heavy atom. The molecular weight excluding hydrogens is 300 g/mol. The molecule has 3 N–H and O–H groups in total. The third-order valence-corrected chi connectivity index (χ3v) is 5.46. The number of primary sulfonamides is 1. The summed E-state index contributed by atoms with van der Waals surface area (Å²) in [6, 6.07) is 4.06. The highest BCUT2D eigenvalue weighted by Gasteiger charge is 2.56. The van der Waals surface area contributed by atoms with Crippen molar-refractivity contribution < 1.29 is 13.2 Å². The van der Waals surface area contributed by atoms with E-state index in [0.717, 1.165) is 12.8 Å². The Balaban J connectivity index is 1.73. The van der Waals surface area contributed by atoms with Gasteiger partial charge in [0.25, 0.3) is 0 Å². The Hall–Kier alpha value is -1.11. The van der Waals surface area contributed by atoms with Gasteiger partial charge in [0.05, 0.1) is 15.6 Å². The lowest BCUT2D eigenvalue weighted by Crippen LogP contribution is -2.17. The number of nitrogens with two attached hydrogens (primary N) is 1. The van der Waals surface area contributed by atoms with Gasteiger partial charge < -0.3 is 5.32 Å². The number of halogens is 1. The molecule has 2 saturated carbocycles. The highest BCUT2D eigenvalue weighted by molar-refractivity contribution is 7.89. The van der Waals surface area contributed by atoms with Crippen LogP contribution in [0.1, 0.15) is 19.3 Å². The van der Waals surface area contributed by atoms with Crippen molar-refractivity contribution in [3.63, 3.8) is 0 Å². The highest BCUT2D eigenvalue weighted by atomic mass is 35.5. The van der Waals surface area contributed by atoms with Gasteiger partial charge in [-0.3, -0.25) is 4.79 Å². The van der Waals surface area contributed by atoms with Crippen molar-refractivity contribution in [1.29, 1.82) is 0 Å². The topological polar surface area (TPSA) is 89.3 Å². The van der Waals surface area contributed by atoms with Gasteiger partial charge in [-0.05, 0) is 42.9 Å². The van der Waals surface area contributed by atoms with Gasteiger partial charge in [-0.15, -0.1) is 0 Å². The van der Waals surface area contributed by atoms with Crippen LogP contribution in [0.4, 0.5) is 5.69 Å². The zero-order chi connectivity index (χ0) is 14.5. The van der Waals surface area contributed by atoms with E-state index in [0.29, 0.717) is 17.5 Å². The van der Waals surface area contributed by atoms with E-state index in [9.17, 15) is 13.2 Å². The summed E-state index contributed by atoms with van der Waals surface area (Å²) in [5.74, 6) is 1.12. The largest absolute Gasteiger partial charge is 0.325 e. The van der Waals surface area contributed by atoms with E-state index in [1.165, 1.54) is 24.6 Å². The van der Waals surface area contributed by atoms with Gasteiger partial charge in [-0.2, -0.15) is 0 Å². The number of carbonyl (C=O) groups is 1. The van der Waals surface area contributed by atoms with Crippen molar-refractivity contribution in [2.24, 2.45) is 22.9 Å². The fraction of sp³-hybridized carbons (Fsp3) is 0.462. The van der Waals surface area contributed by atoms with E-state index in [1.807, 2.05) is 0 Å². The van der Waals surface area contributed by atoms with Crippen LogP contribution in [0.25, 0.3) is 0 Å². The molecule has 0 bridgehead atoms. The predicted molar refractivity (Wildman–Crippen MR) is 75.8 cm³/mol. The zero-order valence-corrected chi connectivity index (χ0v) is 12.2. The highest BCUT2D eigenvalue weighted by Crippen LogP contribution is 2.57. The second-order valence-corrected chi connectivity index (χ2v) is 7.43. The first-order valence-corrected chi connectivity index (χ1v) is 8.43. The summed E-state index contributed by atoms with van der Waals surface area (Å²) in [6.45, 7) is 0. The molecule has 2 aliphatic rings. The molecule has 0 aromatic heterocycles. The molecule has 2 atom stereocenters. The standard InChI is InChI=1S/C13H15ClN2O3S/c14-10-6-7(20(15,18)19)4-5-11(10)16-13(17)12-8-2-1-3-9(8)12/h4-6,8-9,12H,1-3H2,(H,16,17)(H2,15,18,19). The van der Waals surface area contributed by atoms with Crippen LogP contribution in [0.5, 0.6) is 0 Å². The molecule has 5 nitrogen and oxygen atoms in total.